The molecular formula is C27H26N2O6. The van der Waals surface area contributed by atoms with Crippen LogP contribution in [0.15, 0.2) is 72.6 Å². The van der Waals surface area contributed by atoms with Gasteiger partial charge in [-0.1, -0.05) is 6.07 Å². The van der Waals surface area contributed by atoms with Crippen molar-refractivity contribution < 1.29 is 28.9 Å². The number of pyridine rings is 1. The van der Waals surface area contributed by atoms with Gasteiger partial charge in [0.15, 0.2) is 0 Å². The molecule has 4 rings (SSSR count). The number of carbonyl (C=O) groups excluding carboxylic acids is 2. The zero-order chi connectivity index (χ0) is 24.9. The van der Waals surface area contributed by atoms with Crippen LogP contribution in [-0.4, -0.2) is 47.5 Å². The number of aromatic nitrogens is 1. The van der Waals surface area contributed by atoms with E-state index in [0.29, 0.717) is 35.0 Å². The number of hydrogen-bond acceptors (Lipinski definition) is 7. The van der Waals surface area contributed by atoms with Crippen molar-refractivity contribution in [2.75, 3.05) is 20.8 Å². The molecule has 0 spiro atoms. The Labute approximate surface area is 203 Å². The Bertz CT molecular complexity index is 1250. The van der Waals surface area contributed by atoms with Crippen LogP contribution in [0, 0.1) is 0 Å². The molecular weight excluding hydrogens is 448 g/mol. The largest absolute Gasteiger partial charge is 0.507 e. The lowest BCUT2D eigenvalue weighted by atomic mass is 9.94. The van der Waals surface area contributed by atoms with E-state index in [2.05, 4.69) is 4.98 Å². The van der Waals surface area contributed by atoms with Gasteiger partial charge in [-0.3, -0.25) is 14.6 Å². The Balaban J connectivity index is 1.89. The van der Waals surface area contributed by atoms with Crippen molar-refractivity contribution in [1.82, 2.24) is 9.88 Å². The summed E-state index contributed by atoms with van der Waals surface area (Å²) < 4.78 is 16.4. The maximum atomic E-state index is 13.3. The molecule has 1 N–H and O–H groups in total. The van der Waals surface area contributed by atoms with Crippen molar-refractivity contribution in [2.45, 2.75) is 19.5 Å². The molecule has 8 nitrogen and oxygen atoms in total. The molecule has 180 valence electrons. The Morgan fingerprint density at radius 3 is 2.40 bits per heavy atom. The van der Waals surface area contributed by atoms with Gasteiger partial charge in [-0.2, -0.15) is 0 Å². The number of ketones is 1. The first-order valence-electron chi connectivity index (χ1n) is 11.1. The highest BCUT2D eigenvalue weighted by Crippen LogP contribution is 2.44. The highest BCUT2D eigenvalue weighted by Gasteiger charge is 2.47. The molecule has 0 bridgehead atoms. The van der Waals surface area contributed by atoms with Crippen LogP contribution in [0.2, 0.25) is 0 Å². The number of hydrogen-bond donors (Lipinski definition) is 1. The number of likely N-dealkylation sites (tertiary alicyclic amines) is 1. The van der Waals surface area contributed by atoms with Gasteiger partial charge >= 0.3 is 0 Å². The van der Waals surface area contributed by atoms with Crippen molar-refractivity contribution >= 4 is 17.4 Å². The van der Waals surface area contributed by atoms with E-state index in [4.69, 9.17) is 14.2 Å². The highest BCUT2D eigenvalue weighted by molar-refractivity contribution is 6.46. The van der Waals surface area contributed by atoms with Crippen LogP contribution < -0.4 is 14.2 Å². The molecule has 2 aromatic carbocycles. The fraction of sp³-hybridized carbons (Fsp3) is 0.222. The second kappa shape index (κ2) is 10.3. The molecule has 1 fully saturated rings. The van der Waals surface area contributed by atoms with Crippen LogP contribution in [-0.2, 0) is 16.1 Å². The number of nitrogens with zero attached hydrogens (tertiary/aromatic N) is 2. The highest BCUT2D eigenvalue weighted by atomic mass is 16.5. The molecule has 3 aromatic rings. The first-order chi connectivity index (χ1) is 17.0. The van der Waals surface area contributed by atoms with Crippen LogP contribution >= 0.6 is 0 Å². The van der Waals surface area contributed by atoms with Crippen LogP contribution in [0.3, 0.4) is 0 Å². The van der Waals surface area contributed by atoms with Gasteiger partial charge in [0.25, 0.3) is 11.7 Å². The molecule has 1 amide bonds. The van der Waals surface area contributed by atoms with Crippen LogP contribution in [0.5, 0.6) is 17.2 Å². The number of Topliss-reactive ketones (excluding diaryl/α,β-unsaturated/α-hetero) is 1. The summed E-state index contributed by atoms with van der Waals surface area (Å²) in [5, 5.41) is 11.3. The van der Waals surface area contributed by atoms with Crippen LogP contribution in [0.4, 0.5) is 0 Å². The SMILES string of the molecule is CCOc1ccc(C(O)=C2C(=O)C(=O)N(Cc3cccnc3)[C@H]2c2cc(OC)ccc2OC)cc1. The lowest BCUT2D eigenvalue weighted by Gasteiger charge is -2.27. The van der Waals surface area contributed by atoms with Gasteiger partial charge in [-0.05, 0) is 61.0 Å². The molecule has 0 aliphatic carbocycles. The molecule has 0 saturated carbocycles. The van der Waals surface area contributed by atoms with E-state index in [9.17, 15) is 14.7 Å². The third-order valence-corrected chi connectivity index (χ3v) is 5.79. The molecule has 1 aromatic heterocycles. The summed E-state index contributed by atoms with van der Waals surface area (Å²) in [6.45, 7) is 2.49. The number of amides is 1. The van der Waals surface area contributed by atoms with Gasteiger partial charge in [-0.15, -0.1) is 0 Å². The lowest BCUT2D eigenvalue weighted by molar-refractivity contribution is -0.140. The number of benzene rings is 2. The standard InChI is InChI=1S/C27H26N2O6/c1-4-35-19-9-7-18(8-10-19)25(30)23-24(21-14-20(33-2)11-12-22(21)34-3)29(27(32)26(23)31)16-17-6-5-13-28-15-17/h5-15,24,30H,4,16H2,1-3H3/t24-/m0/s1. The number of aliphatic hydroxyl groups is 1. The molecule has 2 heterocycles. The van der Waals surface area contributed by atoms with E-state index in [0.717, 1.165) is 5.56 Å². The minimum absolute atomic E-state index is 0.0328. The Morgan fingerprint density at radius 2 is 1.77 bits per heavy atom. The summed E-state index contributed by atoms with van der Waals surface area (Å²) in [5.41, 5.74) is 1.61. The zero-order valence-corrected chi connectivity index (χ0v) is 19.7. The Hall–Kier alpha value is -4.33. The maximum absolute atomic E-state index is 13.3. The summed E-state index contributed by atoms with van der Waals surface area (Å²) in [6, 6.07) is 14.5. The van der Waals surface area contributed by atoms with Crippen molar-refractivity contribution in [3.8, 4) is 17.2 Å². The average molecular weight is 475 g/mol. The molecule has 0 radical (unpaired) electrons. The van der Waals surface area contributed by atoms with Gasteiger partial charge in [0.05, 0.1) is 32.4 Å². The first kappa shape index (κ1) is 23.8. The van der Waals surface area contributed by atoms with E-state index < -0.39 is 17.7 Å². The zero-order valence-electron chi connectivity index (χ0n) is 19.7. The fourth-order valence-corrected chi connectivity index (χ4v) is 4.14. The number of methoxy groups -OCH3 is 2. The third kappa shape index (κ3) is 4.68. The Morgan fingerprint density at radius 1 is 1.03 bits per heavy atom. The summed E-state index contributed by atoms with van der Waals surface area (Å²) >= 11 is 0. The van der Waals surface area contributed by atoms with E-state index in [1.807, 2.05) is 13.0 Å². The quantitative estimate of drug-likeness (QED) is 0.298. The molecule has 1 saturated heterocycles. The molecule has 8 heteroatoms. The van der Waals surface area contributed by atoms with Gasteiger partial charge in [0, 0.05) is 30.1 Å². The first-order valence-corrected chi connectivity index (χ1v) is 11.1. The molecule has 35 heavy (non-hydrogen) atoms. The second-order valence-electron chi connectivity index (χ2n) is 7.85. The third-order valence-electron chi connectivity index (χ3n) is 5.79. The van der Waals surface area contributed by atoms with Crippen molar-refractivity contribution in [3.05, 3.63) is 89.3 Å². The number of rotatable bonds is 8. The number of carbonyl (C=O) groups is 2. The predicted octanol–water partition coefficient (Wildman–Crippen LogP) is 4.12. The monoisotopic (exact) mass is 474 g/mol. The maximum Gasteiger partial charge on any atom is 0.295 e. The second-order valence-corrected chi connectivity index (χ2v) is 7.85. The van der Waals surface area contributed by atoms with E-state index in [1.54, 1.807) is 60.9 Å². The minimum atomic E-state index is -0.910. The van der Waals surface area contributed by atoms with Gasteiger partial charge in [-0.25, -0.2) is 0 Å². The van der Waals surface area contributed by atoms with Crippen molar-refractivity contribution in [2.24, 2.45) is 0 Å². The summed E-state index contributed by atoms with van der Waals surface area (Å²) in [7, 11) is 3.03. The predicted molar refractivity (Wildman–Crippen MR) is 129 cm³/mol. The molecule has 0 unspecified atom stereocenters. The normalized spacial score (nSPS) is 16.9. The molecule has 1 atom stereocenters. The van der Waals surface area contributed by atoms with E-state index in [-0.39, 0.29) is 17.9 Å². The Kier molecular flexibility index (Phi) is 7.01. The fourth-order valence-electron chi connectivity index (χ4n) is 4.14. The van der Waals surface area contributed by atoms with Gasteiger partial charge < -0.3 is 24.2 Å². The van der Waals surface area contributed by atoms with E-state index >= 15 is 0 Å². The topological polar surface area (TPSA) is 98.2 Å². The lowest BCUT2D eigenvalue weighted by Crippen LogP contribution is -2.29. The van der Waals surface area contributed by atoms with Crippen LogP contribution in [0.25, 0.3) is 5.76 Å². The van der Waals surface area contributed by atoms with Gasteiger partial charge in [0.1, 0.15) is 23.0 Å². The molecule has 1 aliphatic rings. The smallest absolute Gasteiger partial charge is 0.295 e. The number of ether oxygens (including phenoxy) is 3. The minimum Gasteiger partial charge on any atom is -0.507 e. The van der Waals surface area contributed by atoms with Crippen molar-refractivity contribution in [1.29, 1.82) is 0 Å². The number of aliphatic hydroxyl groups excluding tert-OH is 1. The van der Waals surface area contributed by atoms with E-state index in [1.165, 1.54) is 19.1 Å². The van der Waals surface area contributed by atoms with Crippen LogP contribution in [0.1, 0.15) is 29.7 Å². The summed E-state index contributed by atoms with van der Waals surface area (Å²) in [5.74, 6) is -0.186. The summed E-state index contributed by atoms with van der Waals surface area (Å²) in [4.78, 5) is 32.1. The van der Waals surface area contributed by atoms with Gasteiger partial charge in [0.2, 0.25) is 0 Å². The van der Waals surface area contributed by atoms with Crippen molar-refractivity contribution in [3.63, 3.8) is 0 Å². The average Bonchev–Trinajstić information content (AvgIpc) is 3.14. The summed E-state index contributed by atoms with van der Waals surface area (Å²) in [6.07, 6.45) is 3.26. The molecule has 1 aliphatic heterocycles.